The SMILES string of the molecule is CNC(CCc1ccccc1)c1ccccc1Br. The topological polar surface area (TPSA) is 12.0 Å². The number of hydrogen-bond donors (Lipinski definition) is 1. The lowest BCUT2D eigenvalue weighted by Crippen LogP contribution is -2.17. The molecule has 0 aliphatic rings. The van der Waals surface area contributed by atoms with Gasteiger partial charge in [0.1, 0.15) is 0 Å². The largest absolute Gasteiger partial charge is 0.313 e. The van der Waals surface area contributed by atoms with Gasteiger partial charge in [0.25, 0.3) is 0 Å². The highest BCUT2D eigenvalue weighted by Crippen LogP contribution is 2.26. The summed E-state index contributed by atoms with van der Waals surface area (Å²) in [7, 11) is 2.02. The third-order valence-corrected chi connectivity index (χ3v) is 3.92. The fourth-order valence-electron chi connectivity index (χ4n) is 2.17. The molecule has 1 nitrogen and oxygen atoms in total. The summed E-state index contributed by atoms with van der Waals surface area (Å²) in [5.74, 6) is 0. The minimum atomic E-state index is 0.390. The van der Waals surface area contributed by atoms with Gasteiger partial charge in [0, 0.05) is 10.5 Å². The second-order valence-corrected chi connectivity index (χ2v) is 5.24. The van der Waals surface area contributed by atoms with Crippen molar-refractivity contribution in [2.45, 2.75) is 18.9 Å². The zero-order valence-corrected chi connectivity index (χ0v) is 12.2. The summed E-state index contributed by atoms with van der Waals surface area (Å²) in [6, 6.07) is 19.4. The van der Waals surface area contributed by atoms with Crippen LogP contribution in [0.5, 0.6) is 0 Å². The van der Waals surface area contributed by atoms with Gasteiger partial charge in [-0.3, -0.25) is 0 Å². The maximum Gasteiger partial charge on any atom is 0.0331 e. The zero-order valence-electron chi connectivity index (χ0n) is 10.6. The van der Waals surface area contributed by atoms with Gasteiger partial charge in [0.15, 0.2) is 0 Å². The highest BCUT2D eigenvalue weighted by Gasteiger charge is 2.11. The van der Waals surface area contributed by atoms with Crippen LogP contribution < -0.4 is 5.32 Å². The molecule has 2 rings (SSSR count). The van der Waals surface area contributed by atoms with E-state index in [1.165, 1.54) is 15.6 Å². The lowest BCUT2D eigenvalue weighted by Gasteiger charge is -2.18. The highest BCUT2D eigenvalue weighted by atomic mass is 79.9. The van der Waals surface area contributed by atoms with E-state index in [0.717, 1.165) is 12.8 Å². The van der Waals surface area contributed by atoms with Gasteiger partial charge in [-0.1, -0.05) is 64.5 Å². The molecule has 2 aromatic carbocycles. The van der Waals surface area contributed by atoms with Gasteiger partial charge in [-0.05, 0) is 37.1 Å². The van der Waals surface area contributed by atoms with Gasteiger partial charge >= 0.3 is 0 Å². The smallest absolute Gasteiger partial charge is 0.0331 e. The molecule has 0 radical (unpaired) electrons. The molecule has 0 aliphatic carbocycles. The van der Waals surface area contributed by atoms with Gasteiger partial charge in [-0.2, -0.15) is 0 Å². The summed E-state index contributed by atoms with van der Waals surface area (Å²) >= 11 is 3.62. The Morgan fingerprint density at radius 3 is 2.33 bits per heavy atom. The van der Waals surface area contributed by atoms with Gasteiger partial charge < -0.3 is 5.32 Å². The second-order valence-electron chi connectivity index (χ2n) is 4.39. The first-order chi connectivity index (χ1) is 8.81. The molecule has 94 valence electrons. The van der Waals surface area contributed by atoms with Crippen molar-refractivity contribution in [1.29, 1.82) is 0 Å². The van der Waals surface area contributed by atoms with Crippen LogP contribution in [0.3, 0.4) is 0 Å². The quantitative estimate of drug-likeness (QED) is 0.866. The number of benzene rings is 2. The third-order valence-electron chi connectivity index (χ3n) is 3.19. The average Bonchev–Trinajstić information content (AvgIpc) is 2.42. The first-order valence-electron chi connectivity index (χ1n) is 6.27. The highest BCUT2D eigenvalue weighted by molar-refractivity contribution is 9.10. The average molecular weight is 304 g/mol. The lowest BCUT2D eigenvalue weighted by atomic mass is 9.99. The van der Waals surface area contributed by atoms with Crippen LogP contribution in [0.1, 0.15) is 23.6 Å². The predicted octanol–water partition coefficient (Wildman–Crippen LogP) is 4.34. The Morgan fingerprint density at radius 2 is 1.67 bits per heavy atom. The van der Waals surface area contributed by atoms with Crippen LogP contribution in [-0.2, 0) is 6.42 Å². The lowest BCUT2D eigenvalue weighted by molar-refractivity contribution is 0.547. The van der Waals surface area contributed by atoms with Crippen LogP contribution in [0, 0.1) is 0 Å². The van der Waals surface area contributed by atoms with Gasteiger partial charge in [0.05, 0.1) is 0 Å². The second kappa shape index (κ2) is 6.72. The molecule has 0 amide bonds. The van der Waals surface area contributed by atoms with Crippen LogP contribution in [-0.4, -0.2) is 7.05 Å². The minimum Gasteiger partial charge on any atom is -0.313 e. The van der Waals surface area contributed by atoms with Crippen molar-refractivity contribution in [2.75, 3.05) is 7.05 Å². The third kappa shape index (κ3) is 3.44. The summed E-state index contributed by atoms with van der Waals surface area (Å²) in [4.78, 5) is 0. The first-order valence-corrected chi connectivity index (χ1v) is 7.06. The molecule has 1 atom stereocenters. The molecule has 0 aliphatic heterocycles. The van der Waals surface area contributed by atoms with Crippen LogP contribution >= 0.6 is 15.9 Å². The fraction of sp³-hybridized carbons (Fsp3) is 0.250. The van der Waals surface area contributed by atoms with Gasteiger partial charge in [0.2, 0.25) is 0 Å². The standard InChI is InChI=1S/C16H18BrN/c1-18-16(14-9-5-6-10-15(14)17)12-11-13-7-3-2-4-8-13/h2-10,16,18H,11-12H2,1H3. The monoisotopic (exact) mass is 303 g/mol. The molecule has 18 heavy (non-hydrogen) atoms. The number of hydrogen-bond acceptors (Lipinski definition) is 1. The molecule has 1 N–H and O–H groups in total. The van der Waals surface area contributed by atoms with E-state index in [1.807, 2.05) is 7.05 Å². The Labute approximate surface area is 117 Å². The number of aryl methyl sites for hydroxylation is 1. The zero-order chi connectivity index (χ0) is 12.8. The molecule has 1 unspecified atom stereocenters. The number of halogens is 1. The molecule has 2 aromatic rings. The van der Waals surface area contributed by atoms with E-state index >= 15 is 0 Å². The van der Waals surface area contributed by atoms with Crippen molar-refractivity contribution in [1.82, 2.24) is 5.32 Å². The first kappa shape index (κ1) is 13.3. The van der Waals surface area contributed by atoms with E-state index < -0.39 is 0 Å². The Balaban J connectivity index is 2.04. The molecule has 2 heteroatoms. The van der Waals surface area contributed by atoms with Crippen LogP contribution in [0.2, 0.25) is 0 Å². The number of rotatable bonds is 5. The summed E-state index contributed by atoms with van der Waals surface area (Å²) in [5.41, 5.74) is 2.72. The Hall–Kier alpha value is -1.12. The predicted molar refractivity (Wildman–Crippen MR) is 80.7 cm³/mol. The van der Waals surface area contributed by atoms with Gasteiger partial charge in [-0.15, -0.1) is 0 Å². The van der Waals surface area contributed by atoms with Crippen molar-refractivity contribution < 1.29 is 0 Å². The normalized spacial score (nSPS) is 12.3. The summed E-state index contributed by atoms with van der Waals surface area (Å²) in [5, 5.41) is 3.40. The summed E-state index contributed by atoms with van der Waals surface area (Å²) in [6.45, 7) is 0. The molecular weight excluding hydrogens is 286 g/mol. The molecule has 0 bridgehead atoms. The molecule has 0 aromatic heterocycles. The Kier molecular flexibility index (Phi) is 4.97. The van der Waals surface area contributed by atoms with E-state index in [2.05, 4.69) is 75.8 Å². The van der Waals surface area contributed by atoms with E-state index in [9.17, 15) is 0 Å². The van der Waals surface area contributed by atoms with E-state index in [0.29, 0.717) is 6.04 Å². The Morgan fingerprint density at radius 1 is 1.00 bits per heavy atom. The molecule has 0 fully saturated rings. The number of nitrogens with one attached hydrogen (secondary N) is 1. The Bertz CT molecular complexity index is 481. The van der Waals surface area contributed by atoms with Crippen molar-refractivity contribution in [3.05, 3.63) is 70.2 Å². The maximum atomic E-state index is 3.62. The van der Waals surface area contributed by atoms with Crippen LogP contribution in [0.4, 0.5) is 0 Å². The molecule has 0 saturated heterocycles. The van der Waals surface area contributed by atoms with Crippen LogP contribution in [0.15, 0.2) is 59.1 Å². The van der Waals surface area contributed by atoms with Crippen molar-refractivity contribution in [2.24, 2.45) is 0 Å². The van der Waals surface area contributed by atoms with E-state index in [1.54, 1.807) is 0 Å². The fourth-order valence-corrected chi connectivity index (χ4v) is 2.73. The summed E-state index contributed by atoms with van der Waals surface area (Å²) in [6.07, 6.45) is 2.19. The molecule has 0 spiro atoms. The van der Waals surface area contributed by atoms with Crippen molar-refractivity contribution in [3.8, 4) is 0 Å². The maximum absolute atomic E-state index is 3.62. The van der Waals surface area contributed by atoms with Crippen LogP contribution in [0.25, 0.3) is 0 Å². The van der Waals surface area contributed by atoms with Gasteiger partial charge in [-0.25, -0.2) is 0 Å². The molecular formula is C16H18BrN. The minimum absolute atomic E-state index is 0.390. The summed E-state index contributed by atoms with van der Waals surface area (Å²) < 4.78 is 1.18. The molecule has 0 saturated carbocycles. The van der Waals surface area contributed by atoms with E-state index in [-0.39, 0.29) is 0 Å². The van der Waals surface area contributed by atoms with E-state index in [4.69, 9.17) is 0 Å². The van der Waals surface area contributed by atoms with Crippen molar-refractivity contribution in [3.63, 3.8) is 0 Å². The van der Waals surface area contributed by atoms with Crippen molar-refractivity contribution >= 4 is 15.9 Å². The molecule has 0 heterocycles.